The van der Waals surface area contributed by atoms with E-state index in [4.69, 9.17) is 16.3 Å². The van der Waals surface area contributed by atoms with Gasteiger partial charge in [0.15, 0.2) is 11.0 Å². The smallest absolute Gasteiger partial charge is 0.196 e. The van der Waals surface area contributed by atoms with E-state index >= 15 is 0 Å². The summed E-state index contributed by atoms with van der Waals surface area (Å²) in [5, 5.41) is 9.86. The van der Waals surface area contributed by atoms with E-state index in [0.29, 0.717) is 28.2 Å². The minimum Gasteiger partial charge on any atom is -0.484 e. The van der Waals surface area contributed by atoms with Gasteiger partial charge in [0.05, 0.1) is 10.3 Å². The molecule has 0 aliphatic heterocycles. The molecule has 0 radical (unpaired) electrons. The summed E-state index contributed by atoms with van der Waals surface area (Å²) >= 11 is 7.66. The number of hydrogen-bond acceptors (Lipinski definition) is 5. The van der Waals surface area contributed by atoms with Crippen LogP contribution in [0.15, 0.2) is 59.8 Å². The quantitative estimate of drug-likeness (QED) is 0.600. The number of hydrogen-bond donors (Lipinski definition) is 0. The summed E-state index contributed by atoms with van der Waals surface area (Å²) in [5.74, 6) is 1.55. The van der Waals surface area contributed by atoms with Gasteiger partial charge in [-0.3, -0.25) is 9.36 Å². The molecule has 138 valence electrons. The van der Waals surface area contributed by atoms with Crippen molar-refractivity contribution in [1.82, 2.24) is 14.8 Å². The Morgan fingerprint density at radius 1 is 1.11 bits per heavy atom. The fourth-order valence-corrected chi connectivity index (χ4v) is 4.43. The molecular formula is C20H18ClN3O2S. The van der Waals surface area contributed by atoms with Gasteiger partial charge in [0.1, 0.15) is 18.1 Å². The van der Waals surface area contributed by atoms with Crippen molar-refractivity contribution >= 4 is 29.1 Å². The lowest BCUT2D eigenvalue weighted by Gasteiger charge is -2.13. The second-order valence-electron chi connectivity index (χ2n) is 6.25. The molecule has 0 bridgehead atoms. The molecular weight excluding hydrogens is 382 g/mol. The fraction of sp³-hybridized carbons (Fsp3) is 0.250. The van der Waals surface area contributed by atoms with Crippen molar-refractivity contribution < 1.29 is 9.53 Å². The summed E-state index contributed by atoms with van der Waals surface area (Å²) in [6.45, 7) is 0.227. The number of Topliss-reactive ketones (excluding diaryl/α,β-unsaturated/α-hetero) is 1. The van der Waals surface area contributed by atoms with Crippen molar-refractivity contribution in [2.75, 3.05) is 0 Å². The van der Waals surface area contributed by atoms with Gasteiger partial charge in [-0.05, 0) is 37.1 Å². The number of aromatic nitrogens is 3. The van der Waals surface area contributed by atoms with Crippen LogP contribution in [0.25, 0.3) is 5.69 Å². The standard InChI is InChI=1S/C20H18ClN3O2S/c21-15-9-4-5-11-17(15)26-13-19-22-23-20(27-18-12-6-10-16(18)25)24(19)14-7-2-1-3-8-14/h1-5,7-9,11,18H,6,10,12-13H2/t18-/m1/s1. The van der Waals surface area contributed by atoms with Gasteiger partial charge in [-0.2, -0.15) is 0 Å². The van der Waals surface area contributed by atoms with Crippen LogP contribution in [-0.4, -0.2) is 25.8 Å². The predicted molar refractivity (Wildman–Crippen MR) is 106 cm³/mol. The average Bonchev–Trinajstić information content (AvgIpc) is 3.28. The molecule has 7 heteroatoms. The van der Waals surface area contributed by atoms with Gasteiger partial charge in [0.25, 0.3) is 0 Å². The number of carbonyl (C=O) groups excluding carboxylic acids is 1. The number of ketones is 1. The molecule has 1 atom stereocenters. The van der Waals surface area contributed by atoms with Crippen LogP contribution in [0.5, 0.6) is 5.75 Å². The SMILES string of the molecule is O=C1CCC[C@H]1Sc1nnc(COc2ccccc2Cl)n1-c1ccccc1. The molecule has 1 fully saturated rings. The van der Waals surface area contributed by atoms with Gasteiger partial charge >= 0.3 is 0 Å². The number of nitrogens with zero attached hydrogens (tertiary/aromatic N) is 3. The molecule has 1 heterocycles. The molecule has 1 aliphatic carbocycles. The monoisotopic (exact) mass is 399 g/mol. The molecule has 1 aliphatic rings. The van der Waals surface area contributed by atoms with Crippen LogP contribution in [-0.2, 0) is 11.4 Å². The van der Waals surface area contributed by atoms with Crippen molar-refractivity contribution in [2.24, 2.45) is 0 Å². The molecule has 3 aromatic rings. The maximum atomic E-state index is 12.1. The van der Waals surface area contributed by atoms with Crippen LogP contribution in [0.1, 0.15) is 25.1 Å². The molecule has 0 amide bonds. The molecule has 0 unspecified atom stereocenters. The van der Waals surface area contributed by atoms with Crippen molar-refractivity contribution in [1.29, 1.82) is 0 Å². The van der Waals surface area contributed by atoms with E-state index in [1.54, 1.807) is 6.07 Å². The zero-order valence-electron chi connectivity index (χ0n) is 14.5. The lowest BCUT2D eigenvalue weighted by Crippen LogP contribution is -2.11. The van der Waals surface area contributed by atoms with E-state index in [1.165, 1.54) is 11.8 Å². The van der Waals surface area contributed by atoms with E-state index in [1.807, 2.05) is 53.1 Å². The van der Waals surface area contributed by atoms with E-state index in [0.717, 1.165) is 18.5 Å². The van der Waals surface area contributed by atoms with Crippen LogP contribution < -0.4 is 4.74 Å². The summed E-state index contributed by atoms with van der Waals surface area (Å²) in [4.78, 5) is 12.1. The second-order valence-corrected chi connectivity index (χ2v) is 7.83. The Morgan fingerprint density at radius 3 is 2.63 bits per heavy atom. The topological polar surface area (TPSA) is 57.0 Å². The summed E-state index contributed by atoms with van der Waals surface area (Å²) in [7, 11) is 0. The highest BCUT2D eigenvalue weighted by atomic mass is 35.5. The van der Waals surface area contributed by atoms with Crippen LogP contribution in [0.3, 0.4) is 0 Å². The van der Waals surface area contributed by atoms with Crippen molar-refractivity contribution in [3.05, 3.63) is 65.4 Å². The van der Waals surface area contributed by atoms with Gasteiger partial charge in [-0.25, -0.2) is 0 Å². The van der Waals surface area contributed by atoms with Crippen LogP contribution in [0.2, 0.25) is 5.02 Å². The summed E-state index contributed by atoms with van der Waals surface area (Å²) in [6.07, 6.45) is 2.48. The maximum absolute atomic E-state index is 12.1. The Balaban J connectivity index is 1.63. The normalized spacial score (nSPS) is 16.6. The Hall–Kier alpha value is -2.31. The van der Waals surface area contributed by atoms with Gasteiger partial charge in [-0.15, -0.1) is 10.2 Å². The Kier molecular flexibility index (Phi) is 5.45. The first-order chi connectivity index (χ1) is 13.2. The third kappa shape index (κ3) is 4.01. The van der Waals surface area contributed by atoms with Gasteiger partial charge in [0, 0.05) is 12.1 Å². The van der Waals surface area contributed by atoms with Crippen molar-refractivity contribution in [3.63, 3.8) is 0 Å². The van der Waals surface area contributed by atoms with Crippen LogP contribution in [0, 0.1) is 0 Å². The highest BCUT2D eigenvalue weighted by Gasteiger charge is 2.28. The number of carbonyl (C=O) groups is 1. The van der Waals surface area contributed by atoms with Gasteiger partial charge in [-0.1, -0.05) is 53.7 Å². The van der Waals surface area contributed by atoms with Crippen molar-refractivity contribution in [2.45, 2.75) is 36.3 Å². The third-order valence-corrected chi connectivity index (χ3v) is 5.97. The minimum absolute atomic E-state index is 0.0472. The number of ether oxygens (including phenoxy) is 1. The minimum atomic E-state index is -0.0472. The largest absolute Gasteiger partial charge is 0.484 e. The lowest BCUT2D eigenvalue weighted by atomic mass is 10.3. The van der Waals surface area contributed by atoms with Crippen molar-refractivity contribution in [3.8, 4) is 11.4 Å². The number of halogens is 1. The van der Waals surface area contributed by atoms with E-state index in [-0.39, 0.29) is 17.6 Å². The Morgan fingerprint density at radius 2 is 1.89 bits per heavy atom. The van der Waals surface area contributed by atoms with E-state index in [2.05, 4.69) is 10.2 Å². The third-order valence-electron chi connectivity index (χ3n) is 4.40. The first-order valence-electron chi connectivity index (χ1n) is 8.79. The van der Waals surface area contributed by atoms with E-state index in [9.17, 15) is 4.79 Å². The second kappa shape index (κ2) is 8.15. The lowest BCUT2D eigenvalue weighted by molar-refractivity contribution is -0.116. The summed E-state index contributed by atoms with van der Waals surface area (Å²) < 4.78 is 7.81. The van der Waals surface area contributed by atoms with Crippen LogP contribution in [0.4, 0.5) is 0 Å². The first kappa shape index (κ1) is 18.1. The van der Waals surface area contributed by atoms with Gasteiger partial charge in [0.2, 0.25) is 0 Å². The zero-order chi connectivity index (χ0) is 18.6. The molecule has 1 aromatic heterocycles. The molecule has 0 N–H and O–H groups in total. The van der Waals surface area contributed by atoms with Gasteiger partial charge < -0.3 is 4.74 Å². The molecule has 0 spiro atoms. The highest BCUT2D eigenvalue weighted by molar-refractivity contribution is 8.00. The highest BCUT2D eigenvalue weighted by Crippen LogP contribution is 2.33. The number of para-hydroxylation sites is 2. The predicted octanol–water partition coefficient (Wildman–Crippen LogP) is 4.71. The molecule has 0 saturated heterocycles. The Labute approximate surface area is 166 Å². The summed E-state index contributed by atoms with van der Waals surface area (Å²) in [6, 6.07) is 17.2. The first-order valence-corrected chi connectivity index (χ1v) is 10.0. The number of benzene rings is 2. The zero-order valence-corrected chi connectivity index (χ0v) is 16.1. The van der Waals surface area contributed by atoms with Crippen LogP contribution >= 0.6 is 23.4 Å². The average molecular weight is 400 g/mol. The molecule has 2 aromatic carbocycles. The Bertz CT molecular complexity index is 945. The molecule has 27 heavy (non-hydrogen) atoms. The number of thioether (sulfide) groups is 1. The summed E-state index contributed by atoms with van der Waals surface area (Å²) in [5.41, 5.74) is 0.938. The van der Waals surface area contributed by atoms with E-state index < -0.39 is 0 Å². The molecule has 5 nitrogen and oxygen atoms in total. The maximum Gasteiger partial charge on any atom is 0.196 e. The number of rotatable bonds is 6. The molecule has 1 saturated carbocycles. The molecule has 4 rings (SSSR count). The fourth-order valence-electron chi connectivity index (χ4n) is 3.05.